The topological polar surface area (TPSA) is 42.0 Å². The number of aromatic nitrogens is 1. The third kappa shape index (κ3) is 1.45. The van der Waals surface area contributed by atoms with E-state index in [-0.39, 0.29) is 5.78 Å². The van der Waals surface area contributed by atoms with Gasteiger partial charge in [-0.3, -0.25) is 4.79 Å². The van der Waals surface area contributed by atoms with Crippen LogP contribution in [-0.2, 0) is 4.79 Å². The molecule has 0 amide bonds. The Hall–Kier alpha value is -1.29. The summed E-state index contributed by atoms with van der Waals surface area (Å²) in [4.78, 5) is 16.8. The maximum absolute atomic E-state index is 11.7. The summed E-state index contributed by atoms with van der Waals surface area (Å²) in [7, 11) is 0. The van der Waals surface area contributed by atoms with Gasteiger partial charge in [0.1, 0.15) is 5.03 Å². The first-order valence-corrected chi connectivity index (χ1v) is 5.82. The van der Waals surface area contributed by atoms with Gasteiger partial charge in [0.15, 0.2) is 5.78 Å². The number of hydrogen-bond donors (Lipinski definition) is 1. The molecule has 2 aliphatic rings. The molecule has 1 aromatic heterocycles. The van der Waals surface area contributed by atoms with E-state index in [0.29, 0.717) is 6.42 Å². The van der Waals surface area contributed by atoms with E-state index in [2.05, 4.69) is 10.3 Å². The average molecular weight is 218 g/mol. The molecule has 0 saturated heterocycles. The van der Waals surface area contributed by atoms with E-state index in [1.165, 1.54) is 11.8 Å². The van der Waals surface area contributed by atoms with Crippen molar-refractivity contribution in [2.75, 3.05) is 5.32 Å². The van der Waals surface area contributed by atoms with Crippen LogP contribution in [0.4, 0.5) is 5.69 Å². The highest BCUT2D eigenvalue weighted by Gasteiger charge is 2.26. The number of anilines is 1. The third-order valence-electron chi connectivity index (χ3n) is 2.61. The van der Waals surface area contributed by atoms with Crippen molar-refractivity contribution in [3.05, 3.63) is 28.9 Å². The number of allylic oxidation sites excluding steroid dienone is 2. The predicted octanol–water partition coefficient (Wildman–Crippen LogP) is 2.56. The molecule has 0 atom stereocenters. The monoisotopic (exact) mass is 218 g/mol. The van der Waals surface area contributed by atoms with Crippen LogP contribution < -0.4 is 5.32 Å². The van der Waals surface area contributed by atoms with E-state index in [1.807, 2.05) is 12.1 Å². The zero-order chi connectivity index (χ0) is 10.3. The number of carbonyl (C=O) groups is 1. The fourth-order valence-corrected chi connectivity index (χ4v) is 2.91. The van der Waals surface area contributed by atoms with Crippen molar-refractivity contribution in [1.82, 2.24) is 4.98 Å². The first kappa shape index (κ1) is 8.97. The molecule has 0 radical (unpaired) electrons. The maximum Gasteiger partial charge on any atom is 0.171 e. The van der Waals surface area contributed by atoms with Gasteiger partial charge in [-0.15, -0.1) is 0 Å². The zero-order valence-corrected chi connectivity index (χ0v) is 8.93. The Bertz CT molecular complexity index is 467. The Kier molecular flexibility index (Phi) is 2.02. The van der Waals surface area contributed by atoms with Crippen LogP contribution in [0, 0.1) is 0 Å². The fraction of sp³-hybridized carbons (Fsp3) is 0.273. The molecule has 1 aromatic rings. The van der Waals surface area contributed by atoms with Crippen molar-refractivity contribution in [2.45, 2.75) is 24.3 Å². The lowest BCUT2D eigenvalue weighted by Crippen LogP contribution is -2.18. The molecule has 0 spiro atoms. The molecule has 4 heteroatoms. The number of hydrogen-bond acceptors (Lipinski definition) is 4. The summed E-state index contributed by atoms with van der Waals surface area (Å²) in [6.45, 7) is 0. The molecule has 0 saturated carbocycles. The van der Waals surface area contributed by atoms with Gasteiger partial charge in [-0.05, 0) is 25.0 Å². The van der Waals surface area contributed by atoms with E-state index < -0.39 is 0 Å². The van der Waals surface area contributed by atoms with Crippen molar-refractivity contribution in [3.8, 4) is 0 Å². The van der Waals surface area contributed by atoms with Gasteiger partial charge in [-0.2, -0.15) is 0 Å². The van der Waals surface area contributed by atoms with E-state index >= 15 is 0 Å². The number of Topliss-reactive ketones (excluding diaryl/α,β-unsaturated/α-hetero) is 1. The van der Waals surface area contributed by atoms with Crippen LogP contribution in [0.5, 0.6) is 0 Å². The SMILES string of the molecule is O=C1CCCC2=C1Sc1ncccc1N2. The lowest BCUT2D eigenvalue weighted by Gasteiger charge is -2.25. The first-order valence-electron chi connectivity index (χ1n) is 5.01. The Balaban J connectivity index is 2.04. The van der Waals surface area contributed by atoms with Crippen LogP contribution >= 0.6 is 11.8 Å². The highest BCUT2D eigenvalue weighted by Crippen LogP contribution is 2.42. The van der Waals surface area contributed by atoms with Crippen LogP contribution in [0.15, 0.2) is 34.0 Å². The predicted molar refractivity (Wildman–Crippen MR) is 59.6 cm³/mol. The molecule has 0 fully saturated rings. The second-order valence-corrected chi connectivity index (χ2v) is 4.67. The maximum atomic E-state index is 11.7. The number of fused-ring (bicyclic) bond motifs is 1. The summed E-state index contributed by atoms with van der Waals surface area (Å²) in [6, 6.07) is 3.90. The molecule has 3 rings (SSSR count). The zero-order valence-electron chi connectivity index (χ0n) is 8.12. The van der Waals surface area contributed by atoms with Crippen LogP contribution in [0.25, 0.3) is 0 Å². The number of nitrogens with one attached hydrogen (secondary N) is 1. The minimum atomic E-state index is 0.255. The molecule has 3 nitrogen and oxygen atoms in total. The molecule has 76 valence electrons. The Labute approximate surface area is 92.0 Å². The molecule has 1 N–H and O–H groups in total. The molecule has 15 heavy (non-hydrogen) atoms. The minimum absolute atomic E-state index is 0.255. The van der Waals surface area contributed by atoms with Crippen molar-refractivity contribution < 1.29 is 4.79 Å². The van der Waals surface area contributed by atoms with Gasteiger partial charge < -0.3 is 5.32 Å². The smallest absolute Gasteiger partial charge is 0.171 e. The number of carbonyl (C=O) groups excluding carboxylic acids is 1. The van der Waals surface area contributed by atoms with E-state index in [4.69, 9.17) is 0 Å². The summed E-state index contributed by atoms with van der Waals surface area (Å²) < 4.78 is 0. The van der Waals surface area contributed by atoms with Crippen LogP contribution in [0.1, 0.15) is 19.3 Å². The highest BCUT2D eigenvalue weighted by molar-refractivity contribution is 8.04. The van der Waals surface area contributed by atoms with Gasteiger partial charge in [0.05, 0.1) is 10.6 Å². The second-order valence-electron chi connectivity index (χ2n) is 3.67. The van der Waals surface area contributed by atoms with Crippen LogP contribution in [0.2, 0.25) is 0 Å². The van der Waals surface area contributed by atoms with Gasteiger partial charge in [0.25, 0.3) is 0 Å². The van der Waals surface area contributed by atoms with Crippen LogP contribution in [-0.4, -0.2) is 10.8 Å². The molecule has 0 aromatic carbocycles. The normalized spacial score (nSPS) is 19.3. The highest BCUT2D eigenvalue weighted by atomic mass is 32.2. The molecule has 0 bridgehead atoms. The molecule has 1 aliphatic carbocycles. The second kappa shape index (κ2) is 3.38. The molecule has 1 aliphatic heterocycles. The van der Waals surface area contributed by atoms with E-state index in [1.54, 1.807) is 6.20 Å². The third-order valence-corrected chi connectivity index (χ3v) is 3.81. The Morgan fingerprint density at radius 2 is 2.33 bits per heavy atom. The van der Waals surface area contributed by atoms with Crippen molar-refractivity contribution in [1.29, 1.82) is 0 Å². The van der Waals surface area contributed by atoms with Crippen molar-refractivity contribution in [3.63, 3.8) is 0 Å². The van der Waals surface area contributed by atoms with Gasteiger partial charge >= 0.3 is 0 Å². The summed E-state index contributed by atoms with van der Waals surface area (Å²) in [5.74, 6) is 0.255. The van der Waals surface area contributed by atoms with Gasteiger partial charge in [0.2, 0.25) is 0 Å². The summed E-state index contributed by atoms with van der Waals surface area (Å²) in [6.07, 6.45) is 4.37. The average Bonchev–Trinajstić information content (AvgIpc) is 2.27. The summed E-state index contributed by atoms with van der Waals surface area (Å²) in [5.41, 5.74) is 2.10. The molecular formula is C11H10N2OS. The number of rotatable bonds is 0. The quantitative estimate of drug-likeness (QED) is 0.726. The standard InChI is InChI=1S/C11H10N2OS/c14-9-5-1-3-7-10(9)15-11-8(13-7)4-2-6-12-11/h2,4,6,13H,1,3,5H2. The van der Waals surface area contributed by atoms with Crippen molar-refractivity contribution >= 4 is 23.2 Å². The molecule has 0 unspecified atom stereocenters. The van der Waals surface area contributed by atoms with E-state index in [0.717, 1.165) is 34.2 Å². The van der Waals surface area contributed by atoms with Crippen molar-refractivity contribution in [2.24, 2.45) is 0 Å². The lowest BCUT2D eigenvalue weighted by atomic mass is 10.0. The summed E-state index contributed by atoms with van der Waals surface area (Å²) >= 11 is 1.51. The molecular weight excluding hydrogens is 208 g/mol. The largest absolute Gasteiger partial charge is 0.356 e. The molecule has 2 heterocycles. The van der Waals surface area contributed by atoms with E-state index in [9.17, 15) is 4.79 Å². The van der Waals surface area contributed by atoms with Crippen LogP contribution in [0.3, 0.4) is 0 Å². The number of nitrogens with zero attached hydrogens (tertiary/aromatic N) is 1. The first-order chi connectivity index (χ1) is 7.34. The van der Waals surface area contributed by atoms with Gasteiger partial charge in [-0.25, -0.2) is 4.98 Å². The Morgan fingerprint density at radius 3 is 3.27 bits per heavy atom. The lowest BCUT2D eigenvalue weighted by molar-refractivity contribution is -0.115. The Morgan fingerprint density at radius 1 is 1.40 bits per heavy atom. The number of thioether (sulfide) groups is 1. The number of pyridine rings is 1. The fourth-order valence-electron chi connectivity index (χ4n) is 1.89. The summed E-state index contributed by atoms with van der Waals surface area (Å²) in [5, 5.41) is 4.21. The number of ketones is 1. The van der Waals surface area contributed by atoms with Gasteiger partial charge in [0, 0.05) is 18.3 Å². The minimum Gasteiger partial charge on any atom is -0.356 e. The van der Waals surface area contributed by atoms with Gasteiger partial charge in [-0.1, -0.05) is 11.8 Å².